The van der Waals surface area contributed by atoms with Gasteiger partial charge in [-0.05, 0) is 12.8 Å². The van der Waals surface area contributed by atoms with Crippen molar-refractivity contribution < 1.29 is 24.2 Å². The molecule has 23 heavy (non-hydrogen) atoms. The summed E-state index contributed by atoms with van der Waals surface area (Å²) >= 11 is 0. The Labute approximate surface area is 129 Å². The minimum absolute atomic E-state index is 0.207. The number of amides is 1. The Morgan fingerprint density at radius 2 is 1.74 bits per heavy atom. The fourth-order valence-electron chi connectivity index (χ4n) is 2.49. The number of non-ortho nitro benzene ring substituents is 2. The maximum Gasteiger partial charge on any atom is 0.328 e. The van der Waals surface area contributed by atoms with Gasteiger partial charge in [-0.15, -0.1) is 0 Å². The molecular weight excluding hydrogens is 310 g/mol. The summed E-state index contributed by atoms with van der Waals surface area (Å²) in [5.74, 6) is -1.26. The van der Waals surface area contributed by atoms with E-state index >= 15 is 0 Å². The number of hydrogen-bond donors (Lipinski definition) is 0. The van der Waals surface area contributed by atoms with E-state index in [0.717, 1.165) is 18.2 Å². The number of nitro benzene ring substituents is 2. The van der Waals surface area contributed by atoms with Crippen molar-refractivity contribution in [3.05, 3.63) is 44.0 Å². The first-order chi connectivity index (χ1) is 10.8. The van der Waals surface area contributed by atoms with Crippen LogP contribution in [0.3, 0.4) is 0 Å². The van der Waals surface area contributed by atoms with E-state index < -0.39 is 39.1 Å². The zero-order valence-electron chi connectivity index (χ0n) is 12.1. The maximum atomic E-state index is 12.5. The van der Waals surface area contributed by atoms with E-state index in [0.29, 0.717) is 12.8 Å². The van der Waals surface area contributed by atoms with Crippen LogP contribution in [-0.2, 0) is 9.53 Å². The lowest BCUT2D eigenvalue weighted by molar-refractivity contribution is -0.394. The summed E-state index contributed by atoms with van der Waals surface area (Å²) < 4.78 is 4.63. The zero-order chi connectivity index (χ0) is 17.1. The molecule has 0 N–H and O–H groups in total. The van der Waals surface area contributed by atoms with Gasteiger partial charge in [-0.3, -0.25) is 25.0 Å². The molecule has 1 fully saturated rings. The molecule has 1 aromatic carbocycles. The van der Waals surface area contributed by atoms with Gasteiger partial charge in [0.25, 0.3) is 17.3 Å². The van der Waals surface area contributed by atoms with Crippen LogP contribution in [0.2, 0.25) is 0 Å². The third kappa shape index (κ3) is 3.25. The van der Waals surface area contributed by atoms with Crippen LogP contribution in [0.15, 0.2) is 18.2 Å². The van der Waals surface area contributed by atoms with Gasteiger partial charge in [-0.1, -0.05) is 0 Å². The van der Waals surface area contributed by atoms with Crippen molar-refractivity contribution in [3.63, 3.8) is 0 Å². The van der Waals surface area contributed by atoms with Crippen molar-refractivity contribution in [2.75, 3.05) is 13.7 Å². The van der Waals surface area contributed by atoms with Gasteiger partial charge in [0.1, 0.15) is 6.04 Å². The standard InChI is InChI=1S/C13H13N3O7/c1-23-13(18)11-3-2-4-14(11)12(17)8-5-9(15(19)20)7-10(6-8)16(21)22/h5-7,11H,2-4H2,1H3/t11-/m0/s1. The highest BCUT2D eigenvalue weighted by Gasteiger charge is 2.36. The predicted octanol–water partition coefficient (Wildman–Crippen LogP) is 1.28. The molecule has 1 aliphatic heterocycles. The van der Waals surface area contributed by atoms with E-state index in [2.05, 4.69) is 4.74 Å². The van der Waals surface area contributed by atoms with Crippen LogP contribution in [0.4, 0.5) is 11.4 Å². The van der Waals surface area contributed by atoms with E-state index in [4.69, 9.17) is 0 Å². The molecule has 10 nitrogen and oxygen atoms in total. The molecule has 0 aliphatic carbocycles. The second-order valence-electron chi connectivity index (χ2n) is 4.93. The first kappa shape index (κ1) is 16.3. The average molecular weight is 323 g/mol. The normalized spacial score (nSPS) is 16.9. The summed E-state index contributed by atoms with van der Waals surface area (Å²) in [5, 5.41) is 21.7. The highest BCUT2D eigenvalue weighted by atomic mass is 16.6. The predicted molar refractivity (Wildman–Crippen MR) is 75.8 cm³/mol. The molecule has 0 bridgehead atoms. The third-order valence-electron chi connectivity index (χ3n) is 3.56. The Bertz CT molecular complexity index is 656. The summed E-state index contributed by atoms with van der Waals surface area (Å²) in [7, 11) is 1.20. The summed E-state index contributed by atoms with van der Waals surface area (Å²) in [5.41, 5.74) is -1.32. The largest absolute Gasteiger partial charge is 0.467 e. The number of ether oxygens (including phenoxy) is 1. The van der Waals surface area contributed by atoms with Crippen LogP contribution in [0.25, 0.3) is 0 Å². The molecule has 0 radical (unpaired) electrons. The Kier molecular flexibility index (Phi) is 4.53. The molecule has 10 heteroatoms. The Balaban J connectivity index is 2.40. The molecule has 1 amide bonds. The van der Waals surface area contributed by atoms with Crippen molar-refractivity contribution >= 4 is 23.3 Å². The Morgan fingerprint density at radius 1 is 1.17 bits per heavy atom. The lowest BCUT2D eigenvalue weighted by Gasteiger charge is -2.22. The molecule has 122 valence electrons. The van der Waals surface area contributed by atoms with Gasteiger partial charge in [0.15, 0.2) is 0 Å². The number of hydrogen-bond acceptors (Lipinski definition) is 7. The van der Waals surface area contributed by atoms with Crippen LogP contribution in [0.5, 0.6) is 0 Å². The van der Waals surface area contributed by atoms with Crippen molar-refractivity contribution in [2.45, 2.75) is 18.9 Å². The molecule has 1 aliphatic rings. The number of benzene rings is 1. The van der Waals surface area contributed by atoms with Gasteiger partial charge in [0.2, 0.25) is 0 Å². The molecule has 0 spiro atoms. The summed E-state index contributed by atoms with van der Waals surface area (Å²) in [6, 6.07) is 1.91. The highest BCUT2D eigenvalue weighted by Crippen LogP contribution is 2.26. The minimum atomic E-state index is -0.814. The number of carbonyl (C=O) groups is 2. The van der Waals surface area contributed by atoms with Crippen molar-refractivity contribution in [1.29, 1.82) is 0 Å². The lowest BCUT2D eigenvalue weighted by atomic mass is 10.1. The van der Waals surface area contributed by atoms with Crippen LogP contribution >= 0.6 is 0 Å². The Hall–Kier alpha value is -3.04. The molecule has 1 atom stereocenters. The van der Waals surface area contributed by atoms with E-state index in [1.54, 1.807) is 0 Å². The van der Waals surface area contributed by atoms with Crippen LogP contribution in [0, 0.1) is 20.2 Å². The van der Waals surface area contributed by atoms with Crippen LogP contribution in [0.1, 0.15) is 23.2 Å². The van der Waals surface area contributed by atoms with E-state index in [9.17, 15) is 29.8 Å². The molecule has 1 saturated heterocycles. The first-order valence-electron chi connectivity index (χ1n) is 6.68. The molecular formula is C13H13N3O7. The van der Waals surface area contributed by atoms with Crippen molar-refractivity contribution in [2.24, 2.45) is 0 Å². The quantitative estimate of drug-likeness (QED) is 0.463. The number of methoxy groups -OCH3 is 1. The number of nitro groups is 2. The summed E-state index contributed by atoms with van der Waals surface area (Å²) in [4.78, 5) is 45.5. The second-order valence-corrected chi connectivity index (χ2v) is 4.93. The zero-order valence-corrected chi connectivity index (χ0v) is 12.1. The maximum absolute atomic E-state index is 12.5. The van der Waals surface area contributed by atoms with Gasteiger partial charge in [0, 0.05) is 18.7 Å². The van der Waals surface area contributed by atoms with E-state index in [-0.39, 0.29) is 12.1 Å². The minimum Gasteiger partial charge on any atom is -0.467 e. The van der Waals surface area contributed by atoms with Gasteiger partial charge < -0.3 is 9.64 Å². The molecule has 1 heterocycles. The van der Waals surface area contributed by atoms with Crippen molar-refractivity contribution in [1.82, 2.24) is 4.90 Å². The van der Waals surface area contributed by atoms with Gasteiger partial charge >= 0.3 is 5.97 Å². The molecule has 0 unspecified atom stereocenters. The number of carbonyl (C=O) groups excluding carboxylic acids is 2. The number of rotatable bonds is 4. The van der Waals surface area contributed by atoms with E-state index in [1.165, 1.54) is 12.0 Å². The monoisotopic (exact) mass is 323 g/mol. The average Bonchev–Trinajstić information content (AvgIpc) is 3.02. The van der Waals surface area contributed by atoms with E-state index in [1.807, 2.05) is 0 Å². The number of likely N-dealkylation sites (tertiary alicyclic amines) is 1. The first-order valence-corrected chi connectivity index (χ1v) is 6.68. The van der Waals surface area contributed by atoms with Gasteiger partial charge in [-0.2, -0.15) is 0 Å². The topological polar surface area (TPSA) is 133 Å². The third-order valence-corrected chi connectivity index (χ3v) is 3.56. The Morgan fingerprint density at radius 3 is 2.22 bits per heavy atom. The molecule has 0 saturated carbocycles. The van der Waals surface area contributed by atoms with Crippen LogP contribution < -0.4 is 0 Å². The fourth-order valence-corrected chi connectivity index (χ4v) is 2.49. The van der Waals surface area contributed by atoms with Crippen LogP contribution in [-0.4, -0.2) is 46.3 Å². The smallest absolute Gasteiger partial charge is 0.328 e. The molecule has 2 rings (SSSR count). The van der Waals surface area contributed by atoms with Gasteiger partial charge in [-0.25, -0.2) is 4.79 Å². The van der Waals surface area contributed by atoms with Gasteiger partial charge in [0.05, 0.1) is 28.6 Å². The molecule has 0 aromatic heterocycles. The van der Waals surface area contributed by atoms with Crippen molar-refractivity contribution in [3.8, 4) is 0 Å². The molecule has 1 aromatic rings. The number of esters is 1. The summed E-state index contributed by atoms with van der Waals surface area (Å²) in [6.45, 7) is 0.273. The summed E-state index contributed by atoms with van der Waals surface area (Å²) in [6.07, 6.45) is 0.984. The second kappa shape index (κ2) is 6.38. The number of nitrogens with zero attached hydrogens (tertiary/aromatic N) is 3. The fraction of sp³-hybridized carbons (Fsp3) is 0.385. The highest BCUT2D eigenvalue weighted by molar-refractivity contribution is 5.98. The SMILES string of the molecule is COC(=O)[C@@H]1CCCN1C(=O)c1cc([N+](=O)[O-])cc([N+](=O)[O-])c1. The lowest BCUT2D eigenvalue weighted by Crippen LogP contribution is -2.41.